The molecular formula is C16H20N6OS. The van der Waals surface area contributed by atoms with E-state index >= 15 is 0 Å². The lowest BCUT2D eigenvalue weighted by molar-refractivity contribution is 0.189. The summed E-state index contributed by atoms with van der Waals surface area (Å²) in [5, 5.41) is 8.57. The van der Waals surface area contributed by atoms with Gasteiger partial charge in [0.2, 0.25) is 11.7 Å². The summed E-state index contributed by atoms with van der Waals surface area (Å²) in [5.74, 6) is 3.51. The van der Waals surface area contributed by atoms with Crippen molar-refractivity contribution in [3.05, 3.63) is 29.5 Å². The maximum atomic E-state index is 5.54. The normalized spacial score (nSPS) is 17.5. The van der Waals surface area contributed by atoms with Gasteiger partial charge in [0.15, 0.2) is 5.65 Å². The molecule has 0 saturated carbocycles. The topological polar surface area (TPSA) is 72.3 Å². The molecule has 0 aromatic carbocycles. The smallest absolute Gasteiger partial charge is 0.244 e. The fraction of sp³-hybridized carbons (Fsp3) is 0.500. The van der Waals surface area contributed by atoms with Gasteiger partial charge in [-0.15, -0.1) is 0 Å². The summed E-state index contributed by atoms with van der Waals surface area (Å²) >= 11 is 1.99. The molecule has 0 spiro atoms. The summed E-state index contributed by atoms with van der Waals surface area (Å²) in [7, 11) is 0. The summed E-state index contributed by atoms with van der Waals surface area (Å²) in [6.07, 6.45) is 1.76. The van der Waals surface area contributed by atoms with Crippen LogP contribution in [0.2, 0.25) is 0 Å². The van der Waals surface area contributed by atoms with E-state index in [1.807, 2.05) is 36.2 Å². The first-order valence-corrected chi connectivity index (χ1v) is 9.26. The van der Waals surface area contributed by atoms with E-state index in [1.54, 1.807) is 6.20 Å². The molecular weight excluding hydrogens is 324 g/mol. The second-order valence-electron chi connectivity index (χ2n) is 6.11. The molecule has 1 unspecified atom stereocenters. The fourth-order valence-corrected chi connectivity index (χ4v) is 3.99. The first-order valence-electron chi connectivity index (χ1n) is 8.11. The summed E-state index contributed by atoms with van der Waals surface area (Å²) in [5.41, 5.74) is 3.55. The molecule has 8 heteroatoms. The van der Waals surface area contributed by atoms with Gasteiger partial charge in [0, 0.05) is 36.0 Å². The maximum absolute atomic E-state index is 5.54. The van der Waals surface area contributed by atoms with Gasteiger partial charge < -0.3 is 4.52 Å². The SMILES string of the molecule is Cc1cc(C)n2ncc(-c3noc(C(C)N4CCSCC4)n3)c2n1. The zero-order valence-corrected chi connectivity index (χ0v) is 14.9. The van der Waals surface area contributed by atoms with E-state index in [0.29, 0.717) is 11.7 Å². The molecule has 7 nitrogen and oxygen atoms in total. The third-order valence-corrected chi connectivity index (χ3v) is 5.35. The van der Waals surface area contributed by atoms with Gasteiger partial charge in [0.25, 0.3) is 0 Å². The summed E-state index contributed by atoms with van der Waals surface area (Å²) in [6, 6.07) is 2.13. The van der Waals surface area contributed by atoms with Gasteiger partial charge >= 0.3 is 0 Å². The molecule has 3 aromatic heterocycles. The Bertz CT molecular complexity index is 867. The molecule has 0 bridgehead atoms. The second kappa shape index (κ2) is 6.18. The Kier molecular flexibility index (Phi) is 4.01. The Labute approximate surface area is 144 Å². The Hall–Kier alpha value is -1.93. The minimum Gasteiger partial charge on any atom is -0.337 e. The number of aromatic nitrogens is 5. The highest BCUT2D eigenvalue weighted by Crippen LogP contribution is 2.26. The van der Waals surface area contributed by atoms with Crippen LogP contribution < -0.4 is 0 Å². The van der Waals surface area contributed by atoms with Gasteiger partial charge in [0.05, 0.1) is 17.8 Å². The lowest BCUT2D eigenvalue weighted by Gasteiger charge is -2.29. The number of rotatable bonds is 3. The van der Waals surface area contributed by atoms with E-state index in [4.69, 9.17) is 4.52 Å². The van der Waals surface area contributed by atoms with Crippen LogP contribution in [-0.4, -0.2) is 54.2 Å². The number of hydrogen-bond acceptors (Lipinski definition) is 7. The zero-order valence-electron chi connectivity index (χ0n) is 14.1. The summed E-state index contributed by atoms with van der Waals surface area (Å²) < 4.78 is 7.35. The van der Waals surface area contributed by atoms with Crippen LogP contribution in [0, 0.1) is 13.8 Å². The second-order valence-corrected chi connectivity index (χ2v) is 7.34. The van der Waals surface area contributed by atoms with E-state index in [-0.39, 0.29) is 6.04 Å². The average molecular weight is 344 g/mol. The standard InChI is InChI=1S/C16H20N6OS/c1-10-8-11(2)22-15(18-10)13(9-17-22)14-19-16(23-20-14)12(3)21-4-6-24-7-5-21/h8-9,12H,4-7H2,1-3H3. The van der Waals surface area contributed by atoms with Crippen LogP contribution in [0.4, 0.5) is 0 Å². The van der Waals surface area contributed by atoms with Crippen molar-refractivity contribution in [1.29, 1.82) is 0 Å². The maximum Gasteiger partial charge on any atom is 0.244 e. The van der Waals surface area contributed by atoms with E-state index < -0.39 is 0 Å². The van der Waals surface area contributed by atoms with Gasteiger partial charge in [-0.3, -0.25) is 4.90 Å². The minimum atomic E-state index is 0.130. The molecule has 0 N–H and O–H groups in total. The molecule has 0 radical (unpaired) electrons. The van der Waals surface area contributed by atoms with Gasteiger partial charge in [0.1, 0.15) is 0 Å². The van der Waals surface area contributed by atoms with Crippen LogP contribution in [0.3, 0.4) is 0 Å². The molecule has 3 aromatic rings. The number of aryl methyl sites for hydroxylation is 2. The van der Waals surface area contributed by atoms with Crippen LogP contribution >= 0.6 is 11.8 Å². The monoisotopic (exact) mass is 344 g/mol. The Morgan fingerprint density at radius 1 is 1.21 bits per heavy atom. The molecule has 1 aliphatic rings. The zero-order chi connectivity index (χ0) is 16.7. The van der Waals surface area contributed by atoms with Gasteiger partial charge in [-0.05, 0) is 26.8 Å². The Morgan fingerprint density at radius 2 is 2.00 bits per heavy atom. The van der Waals surface area contributed by atoms with Crippen LogP contribution in [0.25, 0.3) is 17.0 Å². The third-order valence-electron chi connectivity index (χ3n) is 4.41. The molecule has 24 heavy (non-hydrogen) atoms. The van der Waals surface area contributed by atoms with Gasteiger partial charge in [-0.25, -0.2) is 9.50 Å². The largest absolute Gasteiger partial charge is 0.337 e. The molecule has 1 atom stereocenters. The van der Waals surface area contributed by atoms with Crippen molar-refractivity contribution in [3.8, 4) is 11.4 Å². The molecule has 1 saturated heterocycles. The highest BCUT2D eigenvalue weighted by Gasteiger charge is 2.24. The lowest BCUT2D eigenvalue weighted by Crippen LogP contribution is -2.34. The number of thioether (sulfide) groups is 1. The Morgan fingerprint density at radius 3 is 2.79 bits per heavy atom. The van der Waals surface area contributed by atoms with Crippen molar-refractivity contribution in [2.75, 3.05) is 24.6 Å². The third kappa shape index (κ3) is 2.69. The fourth-order valence-electron chi connectivity index (χ4n) is 3.06. The van der Waals surface area contributed by atoms with Crippen molar-refractivity contribution < 1.29 is 4.52 Å². The minimum absolute atomic E-state index is 0.130. The average Bonchev–Trinajstić information content (AvgIpc) is 3.21. The van der Waals surface area contributed by atoms with Crippen LogP contribution in [0.5, 0.6) is 0 Å². The van der Waals surface area contributed by atoms with Crippen molar-refractivity contribution in [1.82, 2.24) is 29.6 Å². The number of hydrogen-bond donors (Lipinski definition) is 0. The van der Waals surface area contributed by atoms with Crippen LogP contribution in [-0.2, 0) is 0 Å². The van der Waals surface area contributed by atoms with E-state index in [1.165, 1.54) is 0 Å². The quantitative estimate of drug-likeness (QED) is 0.723. The van der Waals surface area contributed by atoms with Crippen molar-refractivity contribution in [3.63, 3.8) is 0 Å². The summed E-state index contributed by atoms with van der Waals surface area (Å²) in [4.78, 5) is 11.6. The Balaban J connectivity index is 1.67. The molecule has 4 heterocycles. The first-order chi connectivity index (χ1) is 11.6. The molecule has 126 valence electrons. The predicted octanol–water partition coefficient (Wildman–Crippen LogP) is 2.51. The molecule has 0 amide bonds. The van der Waals surface area contributed by atoms with Gasteiger partial charge in [-0.1, -0.05) is 5.16 Å². The van der Waals surface area contributed by atoms with Crippen LogP contribution in [0.15, 0.2) is 16.8 Å². The van der Waals surface area contributed by atoms with Crippen molar-refractivity contribution >= 4 is 17.4 Å². The van der Waals surface area contributed by atoms with E-state index in [9.17, 15) is 0 Å². The van der Waals surface area contributed by atoms with E-state index in [0.717, 1.165) is 47.2 Å². The van der Waals surface area contributed by atoms with Gasteiger partial charge in [-0.2, -0.15) is 21.8 Å². The number of nitrogens with zero attached hydrogens (tertiary/aromatic N) is 6. The summed E-state index contributed by atoms with van der Waals surface area (Å²) in [6.45, 7) is 8.22. The molecule has 1 aliphatic heterocycles. The molecule has 4 rings (SSSR count). The highest BCUT2D eigenvalue weighted by molar-refractivity contribution is 7.99. The number of fused-ring (bicyclic) bond motifs is 1. The highest BCUT2D eigenvalue weighted by atomic mass is 32.2. The first kappa shape index (κ1) is 15.6. The van der Waals surface area contributed by atoms with E-state index in [2.05, 4.69) is 32.0 Å². The lowest BCUT2D eigenvalue weighted by atomic mass is 10.2. The van der Waals surface area contributed by atoms with Crippen molar-refractivity contribution in [2.45, 2.75) is 26.8 Å². The predicted molar refractivity (Wildman–Crippen MR) is 93.1 cm³/mol. The van der Waals surface area contributed by atoms with Crippen LogP contribution in [0.1, 0.15) is 30.2 Å². The molecule has 1 fully saturated rings. The van der Waals surface area contributed by atoms with Crippen molar-refractivity contribution in [2.24, 2.45) is 0 Å². The molecule has 0 aliphatic carbocycles.